The predicted octanol–water partition coefficient (Wildman–Crippen LogP) is 3.93. The van der Waals surface area contributed by atoms with Gasteiger partial charge in [0, 0.05) is 37.4 Å². The summed E-state index contributed by atoms with van der Waals surface area (Å²) in [5.41, 5.74) is 1.67. The first kappa shape index (κ1) is 20.1. The topological polar surface area (TPSA) is 57.7 Å². The standard InChI is InChI=1S/C22H21BrN2O3S/c23-16-22(26)18-5-8-20(9-6-18)24-11-13-25(14-12-24)29(27,28)21-10-7-17-3-1-2-4-19(17)15-21/h1-10,15H,11-14,16H2. The number of nitrogens with zero attached hydrogens (tertiary/aromatic N) is 2. The number of hydrogen-bond acceptors (Lipinski definition) is 4. The molecule has 0 spiro atoms. The van der Waals surface area contributed by atoms with Gasteiger partial charge in [0.1, 0.15) is 0 Å². The third-order valence-electron chi connectivity index (χ3n) is 5.27. The predicted molar refractivity (Wildman–Crippen MR) is 119 cm³/mol. The Kier molecular flexibility index (Phi) is 5.72. The number of alkyl halides is 1. The highest BCUT2D eigenvalue weighted by Crippen LogP contribution is 2.24. The summed E-state index contributed by atoms with van der Waals surface area (Å²) < 4.78 is 27.7. The molecule has 5 nitrogen and oxygen atoms in total. The summed E-state index contributed by atoms with van der Waals surface area (Å²) in [7, 11) is -3.52. The number of halogens is 1. The van der Waals surface area contributed by atoms with E-state index in [1.165, 1.54) is 0 Å². The number of rotatable bonds is 5. The fourth-order valence-electron chi connectivity index (χ4n) is 3.60. The Labute approximate surface area is 179 Å². The van der Waals surface area contributed by atoms with Gasteiger partial charge < -0.3 is 4.90 Å². The van der Waals surface area contributed by atoms with Crippen molar-refractivity contribution in [1.82, 2.24) is 4.31 Å². The molecule has 7 heteroatoms. The van der Waals surface area contributed by atoms with Crippen molar-refractivity contribution in [2.24, 2.45) is 0 Å². The first-order valence-electron chi connectivity index (χ1n) is 9.42. The minimum absolute atomic E-state index is 0.0443. The molecule has 29 heavy (non-hydrogen) atoms. The van der Waals surface area contributed by atoms with Gasteiger partial charge >= 0.3 is 0 Å². The van der Waals surface area contributed by atoms with Crippen LogP contribution in [0.5, 0.6) is 0 Å². The molecule has 0 bridgehead atoms. The number of carbonyl (C=O) groups is 1. The fraction of sp³-hybridized carbons (Fsp3) is 0.227. The lowest BCUT2D eigenvalue weighted by molar-refractivity contribution is 0.102. The van der Waals surface area contributed by atoms with Crippen LogP contribution in [0.2, 0.25) is 0 Å². The molecular weight excluding hydrogens is 452 g/mol. The van der Waals surface area contributed by atoms with Crippen LogP contribution in [0.25, 0.3) is 10.8 Å². The number of benzene rings is 3. The molecule has 0 aliphatic carbocycles. The molecule has 0 aromatic heterocycles. The van der Waals surface area contributed by atoms with E-state index < -0.39 is 10.0 Å². The Bertz CT molecular complexity index is 1140. The van der Waals surface area contributed by atoms with Crippen LogP contribution in [0, 0.1) is 0 Å². The molecule has 1 fully saturated rings. The van der Waals surface area contributed by atoms with Crippen LogP contribution in [0.15, 0.2) is 71.6 Å². The summed E-state index contributed by atoms with van der Waals surface area (Å²) in [6.45, 7) is 2.07. The molecule has 0 N–H and O–H groups in total. The second-order valence-corrected chi connectivity index (χ2v) is 9.50. The lowest BCUT2D eigenvalue weighted by Gasteiger charge is -2.35. The van der Waals surface area contributed by atoms with Crippen LogP contribution in [-0.4, -0.2) is 50.0 Å². The molecule has 1 aliphatic rings. The highest BCUT2D eigenvalue weighted by molar-refractivity contribution is 9.09. The van der Waals surface area contributed by atoms with E-state index in [0.717, 1.165) is 16.5 Å². The van der Waals surface area contributed by atoms with Gasteiger partial charge in [0.25, 0.3) is 0 Å². The SMILES string of the molecule is O=C(CBr)c1ccc(N2CCN(S(=O)(=O)c3ccc4ccccc4c3)CC2)cc1. The Morgan fingerprint density at radius 3 is 2.17 bits per heavy atom. The lowest BCUT2D eigenvalue weighted by Crippen LogP contribution is -2.48. The normalized spacial score (nSPS) is 15.6. The smallest absolute Gasteiger partial charge is 0.243 e. The van der Waals surface area contributed by atoms with Gasteiger partial charge in [0.05, 0.1) is 10.2 Å². The maximum atomic E-state index is 13.1. The number of carbonyl (C=O) groups excluding carboxylic acids is 1. The van der Waals surface area contributed by atoms with Gasteiger partial charge in [-0.25, -0.2) is 8.42 Å². The summed E-state index contributed by atoms with van der Waals surface area (Å²) in [5, 5.41) is 2.25. The molecule has 3 aromatic carbocycles. The zero-order valence-electron chi connectivity index (χ0n) is 15.8. The molecule has 0 unspecified atom stereocenters. The molecule has 1 aliphatic heterocycles. The van der Waals surface area contributed by atoms with Crippen LogP contribution in [0.3, 0.4) is 0 Å². The van der Waals surface area contributed by atoms with Gasteiger partial charge in [0.2, 0.25) is 10.0 Å². The Morgan fingerprint density at radius 1 is 0.862 bits per heavy atom. The van der Waals surface area contributed by atoms with E-state index in [9.17, 15) is 13.2 Å². The number of sulfonamides is 1. The lowest BCUT2D eigenvalue weighted by atomic mass is 10.1. The Hall–Kier alpha value is -2.22. The van der Waals surface area contributed by atoms with Gasteiger partial charge in [-0.3, -0.25) is 4.79 Å². The average molecular weight is 473 g/mol. The molecular formula is C22H21BrN2O3S. The molecule has 4 rings (SSSR count). The summed E-state index contributed by atoms with van der Waals surface area (Å²) >= 11 is 3.18. The van der Waals surface area contributed by atoms with Crippen LogP contribution >= 0.6 is 15.9 Å². The summed E-state index contributed by atoms with van der Waals surface area (Å²) in [4.78, 5) is 14.2. The second-order valence-electron chi connectivity index (χ2n) is 7.00. The van der Waals surface area contributed by atoms with Crippen molar-refractivity contribution in [1.29, 1.82) is 0 Å². The highest BCUT2D eigenvalue weighted by Gasteiger charge is 2.28. The van der Waals surface area contributed by atoms with Crippen molar-refractivity contribution in [2.45, 2.75) is 4.90 Å². The summed E-state index contributed by atoms with van der Waals surface area (Å²) in [6.07, 6.45) is 0. The molecule has 0 radical (unpaired) electrons. The van der Waals surface area contributed by atoms with Crippen LogP contribution < -0.4 is 4.90 Å². The summed E-state index contributed by atoms with van der Waals surface area (Å²) in [5.74, 6) is 0.0443. The monoisotopic (exact) mass is 472 g/mol. The number of fused-ring (bicyclic) bond motifs is 1. The first-order chi connectivity index (χ1) is 14.0. The zero-order valence-corrected chi connectivity index (χ0v) is 18.2. The number of Topliss-reactive ketones (excluding diaryl/α,β-unsaturated/α-hetero) is 1. The molecule has 0 amide bonds. The second kappa shape index (κ2) is 8.26. The van der Waals surface area contributed by atoms with Crippen molar-refractivity contribution >= 4 is 48.2 Å². The van der Waals surface area contributed by atoms with E-state index >= 15 is 0 Å². The van der Waals surface area contributed by atoms with Crippen molar-refractivity contribution in [2.75, 3.05) is 36.4 Å². The van der Waals surface area contributed by atoms with E-state index in [4.69, 9.17) is 0 Å². The highest BCUT2D eigenvalue weighted by atomic mass is 79.9. The maximum Gasteiger partial charge on any atom is 0.243 e. The maximum absolute atomic E-state index is 13.1. The van der Waals surface area contributed by atoms with Crippen LogP contribution in [-0.2, 0) is 10.0 Å². The molecule has 0 saturated carbocycles. The van der Waals surface area contributed by atoms with Crippen molar-refractivity contribution in [3.8, 4) is 0 Å². The van der Waals surface area contributed by atoms with E-state index in [1.54, 1.807) is 16.4 Å². The third kappa shape index (κ3) is 4.08. The average Bonchev–Trinajstić information content (AvgIpc) is 2.78. The minimum atomic E-state index is -3.52. The van der Waals surface area contributed by atoms with Gasteiger partial charge in [0.15, 0.2) is 5.78 Å². The van der Waals surface area contributed by atoms with Crippen molar-refractivity contribution in [3.63, 3.8) is 0 Å². The van der Waals surface area contributed by atoms with Crippen molar-refractivity contribution < 1.29 is 13.2 Å². The van der Waals surface area contributed by atoms with E-state index in [0.29, 0.717) is 42.0 Å². The van der Waals surface area contributed by atoms with Crippen LogP contribution in [0.4, 0.5) is 5.69 Å². The Balaban J connectivity index is 1.47. The van der Waals surface area contributed by atoms with E-state index in [-0.39, 0.29) is 5.78 Å². The van der Waals surface area contributed by atoms with E-state index in [1.807, 2.05) is 54.6 Å². The summed E-state index contributed by atoms with van der Waals surface area (Å²) in [6, 6.07) is 20.5. The molecule has 0 atom stereocenters. The van der Waals surface area contributed by atoms with Crippen LogP contribution in [0.1, 0.15) is 10.4 Å². The third-order valence-corrected chi connectivity index (χ3v) is 7.68. The zero-order chi connectivity index (χ0) is 20.4. The van der Waals surface area contributed by atoms with Gasteiger partial charge in [-0.1, -0.05) is 46.3 Å². The minimum Gasteiger partial charge on any atom is -0.369 e. The van der Waals surface area contributed by atoms with Gasteiger partial charge in [-0.15, -0.1) is 0 Å². The molecule has 3 aromatic rings. The molecule has 1 saturated heterocycles. The molecule has 150 valence electrons. The number of piperazine rings is 1. The fourth-order valence-corrected chi connectivity index (χ4v) is 5.38. The number of ketones is 1. The Morgan fingerprint density at radius 2 is 1.52 bits per heavy atom. The number of hydrogen-bond donors (Lipinski definition) is 0. The first-order valence-corrected chi connectivity index (χ1v) is 12.0. The van der Waals surface area contributed by atoms with Gasteiger partial charge in [-0.05, 0) is 47.2 Å². The quantitative estimate of drug-likeness (QED) is 0.416. The largest absolute Gasteiger partial charge is 0.369 e. The molecule has 1 heterocycles. The van der Waals surface area contributed by atoms with E-state index in [2.05, 4.69) is 20.8 Å². The van der Waals surface area contributed by atoms with Crippen molar-refractivity contribution in [3.05, 3.63) is 72.3 Å². The number of anilines is 1. The van der Waals surface area contributed by atoms with Gasteiger partial charge in [-0.2, -0.15) is 4.31 Å².